The van der Waals surface area contributed by atoms with Crippen LogP contribution in [0.5, 0.6) is 0 Å². The van der Waals surface area contributed by atoms with Crippen LogP contribution in [0.1, 0.15) is 19.8 Å². The van der Waals surface area contributed by atoms with Gasteiger partial charge in [0.15, 0.2) is 0 Å². The van der Waals surface area contributed by atoms with E-state index in [1.165, 1.54) is 0 Å². The highest BCUT2D eigenvalue weighted by Crippen LogP contribution is 2.12. The summed E-state index contributed by atoms with van der Waals surface area (Å²) in [5.41, 5.74) is 0.397. The number of nitrogens with zero attached hydrogens (tertiary/aromatic N) is 1. The lowest BCUT2D eigenvalue weighted by molar-refractivity contribution is -0.132. The molecule has 0 aromatic heterocycles. The Bertz CT molecular complexity index is 244. The molecule has 1 aliphatic heterocycles. The van der Waals surface area contributed by atoms with E-state index in [0.717, 1.165) is 26.0 Å². The third-order valence-corrected chi connectivity index (χ3v) is 2.59. The summed E-state index contributed by atoms with van der Waals surface area (Å²) in [5.74, 6) is -0.847. The molecule has 0 saturated carbocycles. The molecule has 86 valence electrons. The molecule has 1 saturated heterocycles. The van der Waals surface area contributed by atoms with Crippen molar-refractivity contribution in [1.29, 1.82) is 0 Å². The van der Waals surface area contributed by atoms with Gasteiger partial charge in [-0.1, -0.05) is 6.08 Å². The third-order valence-electron chi connectivity index (χ3n) is 2.59. The summed E-state index contributed by atoms with van der Waals surface area (Å²) in [7, 11) is 1.98. The summed E-state index contributed by atoms with van der Waals surface area (Å²) < 4.78 is 5.50. The van der Waals surface area contributed by atoms with Gasteiger partial charge in [0.05, 0.1) is 6.10 Å². The summed E-state index contributed by atoms with van der Waals surface area (Å²) in [6, 6.07) is 0. The summed E-state index contributed by atoms with van der Waals surface area (Å²) in [5, 5.41) is 8.67. The number of likely N-dealkylation sites (N-methyl/N-ethyl adjacent to an activating group) is 1. The fourth-order valence-electron chi connectivity index (χ4n) is 1.59. The van der Waals surface area contributed by atoms with Crippen molar-refractivity contribution in [3.8, 4) is 0 Å². The standard InChI is InChI=1S/C11H19NO3/c1-9(11(13)14)5-6-12(2)8-10-4-3-7-15-10/h5,10H,3-4,6-8H2,1-2H3,(H,13,14). The van der Waals surface area contributed by atoms with Crippen molar-refractivity contribution in [3.63, 3.8) is 0 Å². The second-order valence-corrected chi connectivity index (χ2v) is 4.05. The summed E-state index contributed by atoms with van der Waals surface area (Å²) >= 11 is 0. The van der Waals surface area contributed by atoms with Crippen LogP contribution in [0.25, 0.3) is 0 Å². The SMILES string of the molecule is CC(=CCN(C)CC1CCCO1)C(=O)O. The van der Waals surface area contributed by atoms with Crippen LogP contribution in [-0.4, -0.2) is 48.8 Å². The highest BCUT2D eigenvalue weighted by atomic mass is 16.5. The van der Waals surface area contributed by atoms with E-state index in [9.17, 15) is 4.79 Å². The Morgan fingerprint density at radius 3 is 2.93 bits per heavy atom. The lowest BCUT2D eigenvalue weighted by atomic mass is 10.2. The van der Waals surface area contributed by atoms with Crippen molar-refractivity contribution in [2.75, 3.05) is 26.7 Å². The van der Waals surface area contributed by atoms with Crippen LogP contribution in [-0.2, 0) is 9.53 Å². The van der Waals surface area contributed by atoms with Crippen molar-refractivity contribution in [3.05, 3.63) is 11.6 Å². The van der Waals surface area contributed by atoms with Crippen LogP contribution in [0.15, 0.2) is 11.6 Å². The molecule has 0 radical (unpaired) electrons. The maximum Gasteiger partial charge on any atom is 0.330 e. The molecule has 0 aromatic carbocycles. The largest absolute Gasteiger partial charge is 0.478 e. The zero-order valence-corrected chi connectivity index (χ0v) is 9.40. The molecule has 15 heavy (non-hydrogen) atoms. The van der Waals surface area contributed by atoms with Gasteiger partial charge in [-0.2, -0.15) is 0 Å². The van der Waals surface area contributed by atoms with Crippen LogP contribution < -0.4 is 0 Å². The number of ether oxygens (including phenoxy) is 1. The van der Waals surface area contributed by atoms with E-state index in [2.05, 4.69) is 4.90 Å². The quantitative estimate of drug-likeness (QED) is 0.695. The molecule has 0 spiro atoms. The van der Waals surface area contributed by atoms with Crippen LogP contribution in [0.2, 0.25) is 0 Å². The minimum atomic E-state index is -0.847. The second-order valence-electron chi connectivity index (χ2n) is 4.05. The maximum atomic E-state index is 10.5. The predicted octanol–water partition coefficient (Wildman–Crippen LogP) is 1.13. The Labute approximate surface area is 90.5 Å². The fourth-order valence-corrected chi connectivity index (χ4v) is 1.59. The molecule has 1 N–H and O–H groups in total. The van der Waals surface area contributed by atoms with E-state index in [1.807, 2.05) is 7.05 Å². The molecule has 0 aromatic rings. The van der Waals surface area contributed by atoms with Gasteiger partial charge in [-0.25, -0.2) is 4.79 Å². The topological polar surface area (TPSA) is 49.8 Å². The first-order valence-electron chi connectivity index (χ1n) is 5.30. The highest BCUT2D eigenvalue weighted by Gasteiger charge is 2.16. The van der Waals surface area contributed by atoms with E-state index in [0.29, 0.717) is 18.2 Å². The van der Waals surface area contributed by atoms with Crippen molar-refractivity contribution in [1.82, 2.24) is 4.90 Å². The van der Waals surface area contributed by atoms with E-state index in [1.54, 1.807) is 13.0 Å². The third kappa shape index (κ3) is 4.44. The second kappa shape index (κ2) is 5.88. The minimum absolute atomic E-state index is 0.327. The minimum Gasteiger partial charge on any atom is -0.478 e. The average molecular weight is 213 g/mol. The molecule has 1 heterocycles. The Morgan fingerprint density at radius 1 is 1.67 bits per heavy atom. The molecule has 1 atom stereocenters. The van der Waals surface area contributed by atoms with Crippen molar-refractivity contribution < 1.29 is 14.6 Å². The molecule has 0 amide bonds. The smallest absolute Gasteiger partial charge is 0.330 e. The number of hydrogen-bond donors (Lipinski definition) is 1. The molecule has 1 aliphatic rings. The number of carboxylic acid groups (broad SMARTS) is 1. The Morgan fingerprint density at radius 2 is 2.40 bits per heavy atom. The monoisotopic (exact) mass is 213 g/mol. The normalized spacial score (nSPS) is 22.3. The number of carboxylic acids is 1. The molecule has 1 unspecified atom stereocenters. The molecule has 0 bridgehead atoms. The van der Waals surface area contributed by atoms with Gasteiger partial charge in [-0.3, -0.25) is 0 Å². The van der Waals surface area contributed by atoms with Crippen molar-refractivity contribution >= 4 is 5.97 Å². The van der Waals surface area contributed by atoms with E-state index < -0.39 is 5.97 Å². The van der Waals surface area contributed by atoms with Crippen molar-refractivity contribution in [2.24, 2.45) is 0 Å². The first-order chi connectivity index (χ1) is 7.09. The first kappa shape index (κ1) is 12.2. The summed E-state index contributed by atoms with van der Waals surface area (Å²) in [6.07, 6.45) is 4.32. The van der Waals surface area contributed by atoms with Gasteiger partial charge in [-0.05, 0) is 26.8 Å². The molecule has 4 nitrogen and oxygen atoms in total. The van der Waals surface area contributed by atoms with Gasteiger partial charge in [0.1, 0.15) is 0 Å². The Kier molecular flexibility index (Phi) is 4.78. The van der Waals surface area contributed by atoms with Gasteiger partial charge in [0, 0.05) is 25.3 Å². The summed E-state index contributed by atoms with van der Waals surface area (Å²) in [6.45, 7) is 4.02. The number of carbonyl (C=O) groups is 1. The van der Waals surface area contributed by atoms with E-state index >= 15 is 0 Å². The lowest BCUT2D eigenvalue weighted by Gasteiger charge is -2.18. The predicted molar refractivity (Wildman–Crippen MR) is 57.9 cm³/mol. The van der Waals surface area contributed by atoms with E-state index in [4.69, 9.17) is 9.84 Å². The zero-order valence-electron chi connectivity index (χ0n) is 9.40. The van der Waals surface area contributed by atoms with Gasteiger partial charge in [0.2, 0.25) is 0 Å². The number of hydrogen-bond acceptors (Lipinski definition) is 3. The average Bonchev–Trinajstić information content (AvgIpc) is 2.66. The van der Waals surface area contributed by atoms with Crippen LogP contribution in [0, 0.1) is 0 Å². The Balaban J connectivity index is 2.26. The molecular formula is C11H19NO3. The molecule has 0 aliphatic carbocycles. The summed E-state index contributed by atoms with van der Waals surface area (Å²) in [4.78, 5) is 12.6. The van der Waals surface area contributed by atoms with Crippen molar-refractivity contribution in [2.45, 2.75) is 25.9 Å². The fraction of sp³-hybridized carbons (Fsp3) is 0.727. The molecule has 4 heteroatoms. The van der Waals surface area contributed by atoms with Gasteiger partial charge < -0.3 is 14.7 Å². The number of rotatable bonds is 5. The van der Waals surface area contributed by atoms with Crippen LogP contribution in [0.4, 0.5) is 0 Å². The molecule has 1 fully saturated rings. The van der Waals surface area contributed by atoms with Gasteiger partial charge >= 0.3 is 5.97 Å². The van der Waals surface area contributed by atoms with E-state index in [-0.39, 0.29) is 0 Å². The highest BCUT2D eigenvalue weighted by molar-refractivity contribution is 5.85. The Hall–Kier alpha value is -0.870. The zero-order chi connectivity index (χ0) is 11.3. The number of aliphatic carboxylic acids is 1. The lowest BCUT2D eigenvalue weighted by Crippen LogP contribution is -2.29. The van der Waals surface area contributed by atoms with Crippen LogP contribution >= 0.6 is 0 Å². The van der Waals surface area contributed by atoms with Gasteiger partial charge in [0.25, 0.3) is 0 Å². The first-order valence-corrected chi connectivity index (χ1v) is 5.30. The molecular weight excluding hydrogens is 194 g/mol. The molecule has 1 rings (SSSR count). The van der Waals surface area contributed by atoms with Crippen LogP contribution in [0.3, 0.4) is 0 Å². The maximum absolute atomic E-state index is 10.5. The van der Waals surface area contributed by atoms with Gasteiger partial charge in [-0.15, -0.1) is 0 Å².